The molecule has 0 bridgehead atoms. The summed E-state index contributed by atoms with van der Waals surface area (Å²) in [7, 11) is 1.50. The molecule has 1 aromatic heterocycles. The van der Waals surface area contributed by atoms with Crippen molar-refractivity contribution in [3.8, 4) is 11.4 Å². The summed E-state index contributed by atoms with van der Waals surface area (Å²) < 4.78 is 52.1. The van der Waals surface area contributed by atoms with Crippen LogP contribution in [0, 0.1) is 5.82 Å². The number of tetrazole rings is 1. The molecular weight excluding hydrogens is 378 g/mol. The number of nitrogens with zero attached hydrogens (tertiary/aromatic N) is 5. The van der Waals surface area contributed by atoms with E-state index in [-0.39, 0.29) is 24.5 Å². The molecule has 1 heterocycles. The minimum Gasteiger partial charge on any atom is -0.340 e. The van der Waals surface area contributed by atoms with Crippen molar-refractivity contribution in [2.75, 3.05) is 7.05 Å². The first-order chi connectivity index (χ1) is 13.2. The van der Waals surface area contributed by atoms with E-state index in [1.54, 1.807) is 18.2 Å². The number of carbonyl (C=O) groups excluding carboxylic acids is 1. The third-order valence-corrected chi connectivity index (χ3v) is 3.97. The van der Waals surface area contributed by atoms with E-state index in [1.165, 1.54) is 30.1 Å². The molecule has 0 spiro atoms. The Balaban J connectivity index is 1.69. The molecule has 0 saturated heterocycles. The van der Waals surface area contributed by atoms with Gasteiger partial charge < -0.3 is 4.90 Å². The molecule has 146 valence electrons. The van der Waals surface area contributed by atoms with E-state index in [4.69, 9.17) is 0 Å². The molecule has 2 aromatic carbocycles. The number of halogens is 4. The first-order valence-corrected chi connectivity index (χ1v) is 8.17. The Bertz CT molecular complexity index is 986. The second kappa shape index (κ2) is 7.75. The molecule has 0 saturated carbocycles. The van der Waals surface area contributed by atoms with Crippen molar-refractivity contribution >= 4 is 5.91 Å². The standard InChI is InChI=1S/C18H15F4N5O/c1-26(10-13-5-2-3-8-15(13)19)16(28)11-27-24-17(23-25-27)12-6-4-7-14(9-12)18(20,21)22/h2-9H,10-11H2,1H3. The van der Waals surface area contributed by atoms with Crippen molar-refractivity contribution in [1.82, 2.24) is 25.1 Å². The van der Waals surface area contributed by atoms with Gasteiger partial charge in [0.2, 0.25) is 11.7 Å². The summed E-state index contributed by atoms with van der Waals surface area (Å²) >= 11 is 0. The van der Waals surface area contributed by atoms with Gasteiger partial charge in [0, 0.05) is 24.7 Å². The molecule has 0 radical (unpaired) electrons. The third-order valence-electron chi connectivity index (χ3n) is 3.97. The van der Waals surface area contributed by atoms with Gasteiger partial charge in [-0.2, -0.15) is 18.0 Å². The summed E-state index contributed by atoms with van der Waals surface area (Å²) in [5.41, 5.74) is -0.343. The number of benzene rings is 2. The van der Waals surface area contributed by atoms with Crippen LogP contribution in [0.15, 0.2) is 48.5 Å². The maximum atomic E-state index is 13.7. The van der Waals surface area contributed by atoms with E-state index >= 15 is 0 Å². The molecule has 0 aliphatic heterocycles. The Kier molecular flexibility index (Phi) is 5.39. The number of alkyl halides is 3. The second-order valence-corrected chi connectivity index (χ2v) is 6.06. The lowest BCUT2D eigenvalue weighted by atomic mass is 10.1. The smallest absolute Gasteiger partial charge is 0.340 e. The molecular formula is C18H15F4N5O. The van der Waals surface area contributed by atoms with Gasteiger partial charge in [0.05, 0.1) is 5.56 Å². The molecule has 3 aromatic rings. The molecule has 0 atom stereocenters. The fourth-order valence-electron chi connectivity index (χ4n) is 2.47. The first kappa shape index (κ1) is 19.5. The highest BCUT2D eigenvalue weighted by atomic mass is 19.4. The number of hydrogen-bond acceptors (Lipinski definition) is 4. The molecule has 0 aliphatic rings. The van der Waals surface area contributed by atoms with Gasteiger partial charge in [-0.3, -0.25) is 4.79 Å². The molecule has 3 rings (SSSR count). The number of aromatic nitrogens is 4. The zero-order valence-electron chi connectivity index (χ0n) is 14.7. The normalized spacial score (nSPS) is 11.5. The number of likely N-dealkylation sites (N-methyl/N-ethyl adjacent to an activating group) is 1. The van der Waals surface area contributed by atoms with Crippen molar-refractivity contribution in [3.05, 3.63) is 65.5 Å². The van der Waals surface area contributed by atoms with Gasteiger partial charge >= 0.3 is 6.18 Å². The van der Waals surface area contributed by atoms with Crippen LogP contribution in [0.2, 0.25) is 0 Å². The maximum Gasteiger partial charge on any atom is 0.416 e. The van der Waals surface area contributed by atoms with E-state index in [1.807, 2.05) is 0 Å². The van der Waals surface area contributed by atoms with Gasteiger partial charge in [-0.15, -0.1) is 10.2 Å². The average molecular weight is 393 g/mol. The molecule has 1 amide bonds. The SMILES string of the molecule is CN(Cc1ccccc1F)C(=O)Cn1nnc(-c2cccc(C(F)(F)F)c2)n1. The topological polar surface area (TPSA) is 63.9 Å². The highest BCUT2D eigenvalue weighted by molar-refractivity contribution is 5.75. The number of carbonyl (C=O) groups is 1. The summed E-state index contributed by atoms with van der Waals surface area (Å²) in [4.78, 5) is 14.6. The Labute approximate surface area is 157 Å². The molecule has 0 fully saturated rings. The number of amides is 1. The first-order valence-electron chi connectivity index (χ1n) is 8.17. The molecule has 0 aliphatic carbocycles. The van der Waals surface area contributed by atoms with Crippen LogP contribution in [0.1, 0.15) is 11.1 Å². The van der Waals surface area contributed by atoms with E-state index in [0.717, 1.165) is 16.9 Å². The fourth-order valence-corrected chi connectivity index (χ4v) is 2.47. The van der Waals surface area contributed by atoms with Crippen LogP contribution in [0.3, 0.4) is 0 Å². The van der Waals surface area contributed by atoms with Crippen LogP contribution < -0.4 is 0 Å². The lowest BCUT2D eigenvalue weighted by Crippen LogP contribution is -2.30. The van der Waals surface area contributed by atoms with Crippen molar-refractivity contribution < 1.29 is 22.4 Å². The minimum atomic E-state index is -4.49. The van der Waals surface area contributed by atoms with Gasteiger partial charge in [0.25, 0.3) is 0 Å². The summed E-state index contributed by atoms with van der Waals surface area (Å²) in [5, 5.41) is 11.4. The number of rotatable bonds is 5. The summed E-state index contributed by atoms with van der Waals surface area (Å²) in [5.74, 6) is -0.861. The van der Waals surface area contributed by atoms with Gasteiger partial charge in [0.15, 0.2) is 0 Å². The van der Waals surface area contributed by atoms with Crippen LogP contribution >= 0.6 is 0 Å². The maximum absolute atomic E-state index is 13.7. The Hall–Kier alpha value is -3.30. The van der Waals surface area contributed by atoms with Gasteiger partial charge in [-0.25, -0.2) is 4.39 Å². The number of hydrogen-bond donors (Lipinski definition) is 0. The predicted octanol–water partition coefficient (Wildman–Crippen LogP) is 3.16. The van der Waals surface area contributed by atoms with E-state index in [0.29, 0.717) is 5.56 Å². The van der Waals surface area contributed by atoms with Gasteiger partial charge in [0.1, 0.15) is 12.4 Å². The van der Waals surface area contributed by atoms with Crippen LogP contribution in [0.5, 0.6) is 0 Å². The van der Waals surface area contributed by atoms with E-state index < -0.39 is 23.5 Å². The monoisotopic (exact) mass is 393 g/mol. The summed E-state index contributed by atoms with van der Waals surface area (Å²) in [6.07, 6.45) is -4.49. The van der Waals surface area contributed by atoms with Crippen molar-refractivity contribution in [3.63, 3.8) is 0 Å². The van der Waals surface area contributed by atoms with E-state index in [2.05, 4.69) is 15.4 Å². The average Bonchev–Trinajstić information content (AvgIpc) is 3.11. The van der Waals surface area contributed by atoms with Crippen LogP contribution in [-0.4, -0.2) is 38.1 Å². The van der Waals surface area contributed by atoms with Crippen molar-refractivity contribution in [2.24, 2.45) is 0 Å². The van der Waals surface area contributed by atoms with E-state index in [9.17, 15) is 22.4 Å². The minimum absolute atomic E-state index is 0.0318. The predicted molar refractivity (Wildman–Crippen MR) is 91.1 cm³/mol. The zero-order valence-corrected chi connectivity index (χ0v) is 14.7. The summed E-state index contributed by atoms with van der Waals surface area (Å²) in [6, 6.07) is 10.6. The molecule has 28 heavy (non-hydrogen) atoms. The third kappa shape index (κ3) is 4.51. The zero-order chi connectivity index (χ0) is 20.3. The lowest BCUT2D eigenvalue weighted by molar-refractivity contribution is -0.137. The second-order valence-electron chi connectivity index (χ2n) is 6.06. The van der Waals surface area contributed by atoms with Gasteiger partial charge in [-0.05, 0) is 23.4 Å². The van der Waals surface area contributed by atoms with Crippen molar-refractivity contribution in [1.29, 1.82) is 0 Å². The quantitative estimate of drug-likeness (QED) is 0.625. The Morgan fingerprint density at radius 2 is 1.89 bits per heavy atom. The fraction of sp³-hybridized carbons (Fsp3) is 0.222. The lowest BCUT2D eigenvalue weighted by Gasteiger charge is -2.17. The Morgan fingerprint density at radius 1 is 1.14 bits per heavy atom. The summed E-state index contributed by atoms with van der Waals surface area (Å²) in [6.45, 7) is -0.225. The van der Waals surface area contributed by atoms with Crippen LogP contribution in [0.25, 0.3) is 11.4 Å². The highest BCUT2D eigenvalue weighted by Gasteiger charge is 2.30. The van der Waals surface area contributed by atoms with Crippen LogP contribution in [-0.2, 0) is 24.1 Å². The van der Waals surface area contributed by atoms with Crippen LogP contribution in [0.4, 0.5) is 17.6 Å². The van der Waals surface area contributed by atoms with Crippen molar-refractivity contribution in [2.45, 2.75) is 19.3 Å². The highest BCUT2D eigenvalue weighted by Crippen LogP contribution is 2.31. The molecule has 0 unspecified atom stereocenters. The Morgan fingerprint density at radius 3 is 2.61 bits per heavy atom. The molecule has 10 heteroatoms. The molecule has 0 N–H and O–H groups in total. The largest absolute Gasteiger partial charge is 0.416 e. The molecule has 6 nitrogen and oxygen atoms in total. The van der Waals surface area contributed by atoms with Gasteiger partial charge in [-0.1, -0.05) is 30.3 Å².